The van der Waals surface area contributed by atoms with E-state index in [1.165, 1.54) is 0 Å². The average Bonchev–Trinajstić information content (AvgIpc) is 2.34. The normalized spacial score (nSPS) is 14.2. The Morgan fingerprint density at radius 2 is 1.80 bits per heavy atom. The van der Waals surface area contributed by atoms with Crippen molar-refractivity contribution < 1.29 is 19.4 Å². The summed E-state index contributed by atoms with van der Waals surface area (Å²) in [4.78, 5) is 23.5. The lowest BCUT2D eigenvalue weighted by Gasteiger charge is -2.30. The summed E-state index contributed by atoms with van der Waals surface area (Å²) in [5.74, 6) is -1.56. The van der Waals surface area contributed by atoms with Crippen LogP contribution >= 0.6 is 11.6 Å². The molecule has 5 nitrogen and oxygen atoms in total. The molecular weight excluding hydrogens is 282 g/mol. The molecule has 6 heteroatoms. The Labute approximate surface area is 122 Å². The van der Waals surface area contributed by atoms with Crippen LogP contribution in [0.1, 0.15) is 26.3 Å². The van der Waals surface area contributed by atoms with Gasteiger partial charge in [-0.1, -0.05) is 30.3 Å². The van der Waals surface area contributed by atoms with Crippen molar-refractivity contribution in [3.05, 3.63) is 35.9 Å². The van der Waals surface area contributed by atoms with Gasteiger partial charge in [-0.3, -0.25) is 0 Å². The molecule has 0 heterocycles. The topological polar surface area (TPSA) is 75.6 Å². The first kappa shape index (κ1) is 16.3. The molecule has 1 rings (SSSR count). The smallest absolute Gasteiger partial charge is 0.408 e. The number of hydrogen-bond donors (Lipinski definition) is 2. The highest BCUT2D eigenvalue weighted by atomic mass is 35.5. The van der Waals surface area contributed by atoms with Crippen molar-refractivity contribution in [3.63, 3.8) is 0 Å². The molecule has 1 aromatic carbocycles. The van der Waals surface area contributed by atoms with Crippen molar-refractivity contribution >= 4 is 23.7 Å². The van der Waals surface area contributed by atoms with Crippen LogP contribution in [-0.2, 0) is 15.1 Å². The maximum absolute atomic E-state index is 11.9. The second-order valence-electron chi connectivity index (χ2n) is 5.34. The number of alkyl carbamates (subject to hydrolysis) is 1. The van der Waals surface area contributed by atoms with E-state index in [4.69, 9.17) is 16.3 Å². The third-order valence-corrected chi connectivity index (χ3v) is 2.95. The number of alkyl halides is 1. The second-order valence-corrected chi connectivity index (χ2v) is 5.60. The number of benzene rings is 1. The van der Waals surface area contributed by atoms with Crippen LogP contribution in [0.25, 0.3) is 0 Å². The number of nitrogens with one attached hydrogen (secondary N) is 1. The van der Waals surface area contributed by atoms with Crippen LogP contribution in [0, 0.1) is 0 Å². The highest BCUT2D eigenvalue weighted by molar-refractivity contribution is 6.20. The second kappa shape index (κ2) is 6.13. The standard InChI is InChI=1S/C14H18ClNO4/c1-13(2,3)20-12(19)16-14(9-15,11(17)18)10-7-5-4-6-8-10/h4-8H,9H2,1-3H3,(H,16,19)(H,17,18)/t14-/m0/s1. The number of ether oxygens (including phenoxy) is 1. The molecule has 0 aliphatic carbocycles. The fraction of sp³-hybridized carbons (Fsp3) is 0.429. The van der Waals surface area contributed by atoms with Crippen LogP contribution in [0.2, 0.25) is 0 Å². The van der Waals surface area contributed by atoms with E-state index in [0.29, 0.717) is 5.56 Å². The Morgan fingerprint density at radius 3 is 2.20 bits per heavy atom. The minimum absolute atomic E-state index is 0.314. The lowest BCUT2D eigenvalue weighted by molar-refractivity contribution is -0.144. The van der Waals surface area contributed by atoms with Crippen molar-refractivity contribution in [1.82, 2.24) is 5.32 Å². The van der Waals surface area contributed by atoms with E-state index < -0.39 is 23.2 Å². The van der Waals surface area contributed by atoms with Gasteiger partial charge in [0, 0.05) is 0 Å². The van der Waals surface area contributed by atoms with E-state index >= 15 is 0 Å². The number of carboxylic acid groups (broad SMARTS) is 1. The van der Waals surface area contributed by atoms with Crippen LogP contribution in [0.5, 0.6) is 0 Å². The van der Waals surface area contributed by atoms with E-state index in [1.54, 1.807) is 51.1 Å². The summed E-state index contributed by atoms with van der Waals surface area (Å²) < 4.78 is 5.09. The average molecular weight is 300 g/mol. The SMILES string of the molecule is CC(C)(C)OC(=O)N[C@](CCl)(C(=O)O)c1ccccc1. The fourth-order valence-corrected chi connectivity index (χ4v) is 1.95. The van der Waals surface area contributed by atoms with E-state index in [2.05, 4.69) is 5.32 Å². The molecular formula is C14H18ClNO4. The van der Waals surface area contributed by atoms with Crippen LogP contribution in [0.4, 0.5) is 4.79 Å². The van der Waals surface area contributed by atoms with Gasteiger partial charge in [-0.2, -0.15) is 0 Å². The van der Waals surface area contributed by atoms with Crippen molar-refractivity contribution in [2.24, 2.45) is 0 Å². The molecule has 110 valence electrons. The monoisotopic (exact) mass is 299 g/mol. The Bertz CT molecular complexity index is 484. The molecule has 0 aliphatic rings. The van der Waals surface area contributed by atoms with Gasteiger partial charge in [-0.25, -0.2) is 9.59 Å². The van der Waals surface area contributed by atoms with E-state index in [0.717, 1.165) is 0 Å². The summed E-state index contributed by atoms with van der Waals surface area (Å²) in [5, 5.41) is 11.8. The molecule has 1 amide bonds. The molecule has 0 radical (unpaired) electrons. The number of aliphatic carboxylic acids is 1. The molecule has 0 saturated heterocycles. The largest absolute Gasteiger partial charge is 0.479 e. The fourth-order valence-electron chi connectivity index (χ4n) is 1.62. The molecule has 0 saturated carbocycles. The van der Waals surface area contributed by atoms with Crippen molar-refractivity contribution in [1.29, 1.82) is 0 Å². The lowest BCUT2D eigenvalue weighted by Crippen LogP contribution is -2.54. The summed E-state index contributed by atoms with van der Waals surface area (Å²) in [6.07, 6.45) is -0.829. The summed E-state index contributed by atoms with van der Waals surface area (Å²) in [7, 11) is 0. The highest BCUT2D eigenvalue weighted by Crippen LogP contribution is 2.24. The highest BCUT2D eigenvalue weighted by Gasteiger charge is 2.42. The predicted octanol–water partition coefficient (Wildman–Crippen LogP) is 2.73. The Kier molecular flexibility index (Phi) is 5.00. The molecule has 2 N–H and O–H groups in total. The molecule has 1 atom stereocenters. The van der Waals surface area contributed by atoms with Crippen LogP contribution < -0.4 is 5.32 Å². The number of halogens is 1. The van der Waals surface area contributed by atoms with Crippen molar-refractivity contribution in [2.75, 3.05) is 5.88 Å². The number of hydrogen-bond acceptors (Lipinski definition) is 3. The Hall–Kier alpha value is -1.75. The first-order valence-electron chi connectivity index (χ1n) is 6.07. The molecule has 20 heavy (non-hydrogen) atoms. The maximum Gasteiger partial charge on any atom is 0.408 e. The first-order valence-corrected chi connectivity index (χ1v) is 6.61. The van der Waals surface area contributed by atoms with Gasteiger partial charge >= 0.3 is 12.1 Å². The summed E-state index contributed by atoms with van der Waals surface area (Å²) in [6, 6.07) is 8.28. The quantitative estimate of drug-likeness (QED) is 0.838. The molecule has 0 unspecified atom stereocenters. The Balaban J connectivity index is 3.08. The number of carbonyl (C=O) groups excluding carboxylic acids is 1. The van der Waals surface area contributed by atoms with Gasteiger partial charge in [0.15, 0.2) is 5.54 Å². The number of amides is 1. The van der Waals surface area contributed by atoms with Crippen molar-refractivity contribution in [3.8, 4) is 0 Å². The third kappa shape index (κ3) is 3.87. The molecule has 1 aromatic rings. The summed E-state index contributed by atoms with van der Waals surface area (Å²) in [5.41, 5.74) is -2.06. The lowest BCUT2D eigenvalue weighted by atomic mass is 9.92. The van der Waals surface area contributed by atoms with E-state index in [1.807, 2.05) is 0 Å². The van der Waals surface area contributed by atoms with Crippen LogP contribution in [0.3, 0.4) is 0 Å². The molecule has 0 bridgehead atoms. The third-order valence-electron chi connectivity index (χ3n) is 2.55. The molecule has 0 aromatic heterocycles. The molecule has 0 fully saturated rings. The van der Waals surface area contributed by atoms with Crippen LogP contribution in [-0.4, -0.2) is 28.7 Å². The van der Waals surface area contributed by atoms with Gasteiger partial charge in [0.05, 0.1) is 5.88 Å². The van der Waals surface area contributed by atoms with Gasteiger partial charge in [0.25, 0.3) is 0 Å². The molecule has 0 spiro atoms. The minimum atomic E-state index is -1.72. The number of carboxylic acids is 1. The Morgan fingerprint density at radius 1 is 1.25 bits per heavy atom. The van der Waals surface area contributed by atoms with Gasteiger partial charge in [0.2, 0.25) is 0 Å². The number of rotatable bonds is 4. The summed E-state index contributed by atoms with van der Waals surface area (Å²) >= 11 is 5.82. The number of carbonyl (C=O) groups is 2. The van der Waals surface area contributed by atoms with E-state index in [-0.39, 0.29) is 5.88 Å². The molecule has 0 aliphatic heterocycles. The summed E-state index contributed by atoms with van der Waals surface area (Å²) in [6.45, 7) is 5.08. The van der Waals surface area contributed by atoms with Gasteiger partial charge in [-0.15, -0.1) is 11.6 Å². The van der Waals surface area contributed by atoms with Gasteiger partial charge in [0.1, 0.15) is 5.60 Å². The maximum atomic E-state index is 11.9. The zero-order valence-electron chi connectivity index (χ0n) is 11.6. The van der Waals surface area contributed by atoms with Crippen molar-refractivity contribution in [2.45, 2.75) is 31.9 Å². The van der Waals surface area contributed by atoms with Crippen LogP contribution in [0.15, 0.2) is 30.3 Å². The minimum Gasteiger partial charge on any atom is -0.479 e. The van der Waals surface area contributed by atoms with Gasteiger partial charge in [-0.05, 0) is 26.3 Å². The first-order chi connectivity index (χ1) is 9.21. The van der Waals surface area contributed by atoms with Gasteiger partial charge < -0.3 is 15.2 Å². The predicted molar refractivity (Wildman–Crippen MR) is 75.8 cm³/mol. The zero-order valence-corrected chi connectivity index (χ0v) is 12.4. The van der Waals surface area contributed by atoms with E-state index in [9.17, 15) is 14.7 Å². The zero-order chi connectivity index (χ0) is 15.4.